The maximum absolute atomic E-state index is 13.6. The normalized spacial score (nSPS) is 24.5. The number of ether oxygens (including phenoxy) is 1. The highest BCUT2D eigenvalue weighted by molar-refractivity contribution is 6.18. The van der Waals surface area contributed by atoms with Crippen molar-refractivity contribution in [1.82, 2.24) is 4.90 Å². The number of carbonyl (C=O) groups is 1. The first-order chi connectivity index (χ1) is 15.3. The summed E-state index contributed by atoms with van der Waals surface area (Å²) in [6.45, 7) is 0. The van der Waals surface area contributed by atoms with Crippen LogP contribution in [-0.2, 0) is 9.53 Å². The number of halogens is 4. The number of likely N-dealkylation sites (tertiary alicyclic amines) is 1. The van der Waals surface area contributed by atoms with Gasteiger partial charge in [-0.15, -0.1) is 24.8 Å². The van der Waals surface area contributed by atoms with Crippen molar-refractivity contribution in [3.63, 3.8) is 0 Å². The predicted octanol–water partition coefficient (Wildman–Crippen LogP) is 6.28. The summed E-state index contributed by atoms with van der Waals surface area (Å²) in [5, 5.41) is 0. The number of nitrogens with zero attached hydrogens (tertiary/aromatic N) is 1. The molecule has 3 atom stereocenters. The van der Waals surface area contributed by atoms with E-state index in [1.807, 2.05) is 60.7 Å². The minimum absolute atomic E-state index is 0.00845. The molecule has 0 radical (unpaired) electrons. The molecule has 1 aliphatic carbocycles. The average molecular weight is 462 g/mol. The first-order valence-electron chi connectivity index (χ1n) is 10.5. The molecule has 1 fully saturated rings. The van der Waals surface area contributed by atoms with E-state index in [9.17, 15) is 18.0 Å². The molecule has 0 N–H and O–H groups in total. The molecule has 2 aliphatic rings. The fourth-order valence-corrected chi connectivity index (χ4v) is 4.99. The zero-order chi connectivity index (χ0) is 22.8. The molecule has 1 saturated heterocycles. The smallest absolute Gasteiger partial charge is 0.328 e. The number of hydrogen-bond acceptors (Lipinski definition) is 2. The number of hydrogen-bond donors (Lipinski definition) is 0. The lowest BCUT2D eigenvalue weighted by atomic mass is 9.82. The maximum atomic E-state index is 13.6. The third kappa shape index (κ3) is 4.62. The predicted molar refractivity (Wildman–Crippen MR) is 118 cm³/mol. The van der Waals surface area contributed by atoms with Crippen molar-refractivity contribution in [2.75, 3.05) is 5.88 Å². The lowest BCUT2D eigenvalue weighted by Gasteiger charge is -2.44. The molecular weight excluding hydrogens is 439 g/mol. The fraction of sp³-hybridized carbons (Fsp3) is 0.320. The highest BCUT2D eigenvalue weighted by Crippen LogP contribution is 2.45. The summed E-state index contributed by atoms with van der Waals surface area (Å²) in [5.74, 6) is -0.149. The van der Waals surface area contributed by atoms with E-state index >= 15 is 0 Å². The van der Waals surface area contributed by atoms with Gasteiger partial charge in [-0.1, -0.05) is 72.8 Å². The van der Waals surface area contributed by atoms with E-state index in [0.29, 0.717) is 0 Å². The van der Waals surface area contributed by atoms with Crippen LogP contribution in [0.15, 0.2) is 78.9 Å². The number of allylic oxidation sites excluding steroid dienone is 2. The van der Waals surface area contributed by atoms with Gasteiger partial charge in [0.1, 0.15) is 5.60 Å². The minimum atomic E-state index is -4.86. The zero-order valence-corrected chi connectivity index (χ0v) is 18.0. The van der Waals surface area contributed by atoms with Crippen LogP contribution in [0.1, 0.15) is 36.4 Å². The van der Waals surface area contributed by atoms with Gasteiger partial charge in [0, 0.05) is 18.7 Å². The Morgan fingerprint density at radius 2 is 1.75 bits per heavy atom. The van der Waals surface area contributed by atoms with Crippen molar-refractivity contribution in [2.24, 2.45) is 0 Å². The summed E-state index contributed by atoms with van der Waals surface area (Å²) in [5.41, 5.74) is 0.790. The topological polar surface area (TPSA) is 29.5 Å². The van der Waals surface area contributed by atoms with Crippen LogP contribution < -0.4 is 0 Å². The van der Waals surface area contributed by atoms with Crippen molar-refractivity contribution >= 4 is 23.1 Å². The Labute approximate surface area is 190 Å². The van der Waals surface area contributed by atoms with Crippen LogP contribution in [0, 0.1) is 0 Å². The molecule has 168 valence electrons. The molecule has 1 aliphatic heterocycles. The fourth-order valence-electron chi connectivity index (χ4n) is 4.66. The van der Waals surface area contributed by atoms with E-state index in [2.05, 4.69) is 0 Å². The first kappa shape index (κ1) is 22.6. The average Bonchev–Trinajstić information content (AvgIpc) is 3.17. The third-order valence-electron chi connectivity index (χ3n) is 6.08. The molecule has 1 amide bonds. The molecule has 2 aromatic carbocycles. The summed E-state index contributed by atoms with van der Waals surface area (Å²) in [7, 11) is 0. The Hall–Kier alpha value is -2.57. The molecule has 4 rings (SSSR count). The summed E-state index contributed by atoms with van der Waals surface area (Å²) < 4.78 is 45.5. The number of rotatable bonds is 6. The Kier molecular flexibility index (Phi) is 6.45. The third-order valence-corrected chi connectivity index (χ3v) is 6.38. The van der Waals surface area contributed by atoms with Crippen LogP contribution >= 0.6 is 11.6 Å². The summed E-state index contributed by atoms with van der Waals surface area (Å²) in [6, 6.07) is 17.2. The molecule has 0 spiro atoms. The van der Waals surface area contributed by atoms with Gasteiger partial charge in [-0.2, -0.15) is 0 Å². The zero-order valence-electron chi connectivity index (χ0n) is 17.3. The molecule has 2 unspecified atom stereocenters. The van der Waals surface area contributed by atoms with Gasteiger partial charge in [0.2, 0.25) is 5.91 Å². The molecule has 0 bridgehead atoms. The second-order valence-corrected chi connectivity index (χ2v) is 8.31. The van der Waals surface area contributed by atoms with E-state index in [0.717, 1.165) is 16.7 Å². The molecule has 32 heavy (non-hydrogen) atoms. The van der Waals surface area contributed by atoms with Crippen LogP contribution in [0.25, 0.3) is 5.57 Å². The molecule has 7 heteroatoms. The lowest BCUT2D eigenvalue weighted by Crippen LogP contribution is -2.55. The van der Waals surface area contributed by atoms with E-state index in [1.165, 1.54) is 11.0 Å². The minimum Gasteiger partial charge on any atom is -0.328 e. The molecular formula is C25H23ClF3NO2. The Balaban J connectivity index is 1.71. The van der Waals surface area contributed by atoms with Gasteiger partial charge >= 0.3 is 6.36 Å². The first-order valence-corrected chi connectivity index (χ1v) is 11.0. The quantitative estimate of drug-likeness (QED) is 0.474. The number of alkyl halides is 4. The molecule has 2 aromatic rings. The Bertz CT molecular complexity index is 1010. The van der Waals surface area contributed by atoms with Crippen LogP contribution in [0.4, 0.5) is 13.2 Å². The van der Waals surface area contributed by atoms with Gasteiger partial charge in [-0.05, 0) is 29.2 Å². The summed E-state index contributed by atoms with van der Waals surface area (Å²) in [6.07, 6.45) is 0.415. The highest BCUT2D eigenvalue weighted by atomic mass is 35.5. The monoisotopic (exact) mass is 461 g/mol. The molecule has 0 saturated carbocycles. The van der Waals surface area contributed by atoms with E-state index < -0.39 is 24.0 Å². The van der Waals surface area contributed by atoms with Crippen molar-refractivity contribution < 1.29 is 22.7 Å². The van der Waals surface area contributed by atoms with Crippen LogP contribution in [0.2, 0.25) is 0 Å². The lowest BCUT2D eigenvalue weighted by molar-refractivity contribution is -0.364. The van der Waals surface area contributed by atoms with E-state index in [4.69, 9.17) is 16.3 Å². The van der Waals surface area contributed by atoms with Crippen LogP contribution in [0.5, 0.6) is 0 Å². The molecule has 3 nitrogen and oxygen atoms in total. The second-order valence-electron chi connectivity index (χ2n) is 8.00. The number of benzene rings is 2. The largest absolute Gasteiger partial charge is 0.523 e. The maximum Gasteiger partial charge on any atom is 0.523 e. The SMILES string of the molecule is O=C1CC[C@H](C2(OC(F)(F)F)C=CC(c3ccccc3)=CC2)N1C(CCl)c1ccccc1. The van der Waals surface area contributed by atoms with Gasteiger partial charge < -0.3 is 4.90 Å². The highest BCUT2D eigenvalue weighted by Gasteiger charge is 2.53. The van der Waals surface area contributed by atoms with Gasteiger partial charge in [0.25, 0.3) is 0 Å². The van der Waals surface area contributed by atoms with Crippen molar-refractivity contribution in [3.8, 4) is 0 Å². The summed E-state index contributed by atoms with van der Waals surface area (Å²) in [4.78, 5) is 14.4. The van der Waals surface area contributed by atoms with Gasteiger partial charge in [-0.3, -0.25) is 9.53 Å². The Morgan fingerprint density at radius 1 is 1.09 bits per heavy atom. The van der Waals surface area contributed by atoms with Crippen LogP contribution in [-0.4, -0.2) is 34.7 Å². The van der Waals surface area contributed by atoms with Crippen molar-refractivity contribution in [2.45, 2.75) is 43.3 Å². The van der Waals surface area contributed by atoms with Gasteiger partial charge in [0.15, 0.2) is 0 Å². The van der Waals surface area contributed by atoms with Gasteiger partial charge in [-0.25, -0.2) is 0 Å². The van der Waals surface area contributed by atoms with Crippen molar-refractivity contribution in [3.05, 3.63) is 90.0 Å². The van der Waals surface area contributed by atoms with Crippen molar-refractivity contribution in [1.29, 1.82) is 0 Å². The molecule has 0 aromatic heterocycles. The second kappa shape index (κ2) is 9.12. The van der Waals surface area contributed by atoms with E-state index in [-0.39, 0.29) is 31.0 Å². The Morgan fingerprint density at radius 3 is 2.31 bits per heavy atom. The van der Waals surface area contributed by atoms with Crippen LogP contribution in [0.3, 0.4) is 0 Å². The van der Waals surface area contributed by atoms with Gasteiger partial charge in [0.05, 0.1) is 12.1 Å². The number of carbonyl (C=O) groups excluding carboxylic acids is 1. The standard InChI is InChI=1S/C25H23ClF3NO2/c26-17-21(20-9-5-2-6-10-20)30-22(11-12-23(30)31)24(32-25(27,28)29)15-13-19(14-16-24)18-7-3-1-4-8-18/h1-10,13-15,21-22H,11-12,16-17H2/t21?,22-,24?/m1/s1. The number of amides is 1. The van der Waals surface area contributed by atoms with E-state index in [1.54, 1.807) is 12.2 Å². The summed E-state index contributed by atoms with van der Waals surface area (Å²) >= 11 is 6.25. The molecule has 1 heterocycles.